The molecule has 0 saturated heterocycles. The van der Waals surface area contributed by atoms with E-state index in [4.69, 9.17) is 11.6 Å². The van der Waals surface area contributed by atoms with Crippen LogP contribution < -0.4 is 10.6 Å². The van der Waals surface area contributed by atoms with Crippen molar-refractivity contribution >= 4 is 29.1 Å². The fourth-order valence-electron chi connectivity index (χ4n) is 1.78. The first-order valence-corrected chi connectivity index (χ1v) is 6.84. The van der Waals surface area contributed by atoms with E-state index in [0.29, 0.717) is 6.07 Å². The van der Waals surface area contributed by atoms with Crippen molar-refractivity contribution in [1.29, 1.82) is 0 Å². The first kappa shape index (κ1) is 17.7. The molecule has 0 spiro atoms. The van der Waals surface area contributed by atoms with Gasteiger partial charge in [0.15, 0.2) is 17.5 Å². The van der Waals surface area contributed by atoms with Crippen LogP contribution in [-0.4, -0.2) is 18.4 Å². The number of halogens is 5. The summed E-state index contributed by atoms with van der Waals surface area (Å²) in [4.78, 5) is 23.4. The zero-order valence-corrected chi connectivity index (χ0v) is 12.6. The van der Waals surface area contributed by atoms with E-state index in [0.717, 1.165) is 12.1 Å². The molecular weight excluding hydrogens is 352 g/mol. The van der Waals surface area contributed by atoms with E-state index < -0.39 is 52.9 Å². The number of carbonyl (C=O) groups excluding carboxylic acids is 2. The van der Waals surface area contributed by atoms with Crippen LogP contribution in [0.15, 0.2) is 30.3 Å². The van der Waals surface area contributed by atoms with Crippen LogP contribution in [0.5, 0.6) is 0 Å². The van der Waals surface area contributed by atoms with Crippen LogP contribution in [0.1, 0.15) is 10.4 Å². The molecule has 0 atom stereocenters. The number of nitrogens with one attached hydrogen (secondary N) is 2. The molecule has 4 nitrogen and oxygen atoms in total. The molecule has 2 aromatic rings. The second-order valence-electron chi connectivity index (χ2n) is 4.55. The van der Waals surface area contributed by atoms with Crippen LogP contribution in [-0.2, 0) is 4.79 Å². The van der Waals surface area contributed by atoms with E-state index in [9.17, 15) is 27.2 Å². The maximum absolute atomic E-state index is 13.5. The predicted molar refractivity (Wildman–Crippen MR) is 78.7 cm³/mol. The molecule has 2 rings (SSSR count). The summed E-state index contributed by atoms with van der Waals surface area (Å²) < 4.78 is 52.8. The predicted octanol–water partition coefficient (Wildman–Crippen LogP) is 3.26. The maximum atomic E-state index is 13.5. The smallest absolute Gasteiger partial charge is 0.256 e. The van der Waals surface area contributed by atoms with Crippen LogP contribution in [0, 0.1) is 23.3 Å². The Morgan fingerprint density at radius 3 is 2.33 bits per heavy atom. The quantitative estimate of drug-likeness (QED) is 0.649. The Hall–Kier alpha value is -2.61. The third-order valence-electron chi connectivity index (χ3n) is 2.91. The lowest BCUT2D eigenvalue weighted by Crippen LogP contribution is -2.33. The summed E-state index contributed by atoms with van der Waals surface area (Å²) in [5, 5.41) is 3.88. The maximum Gasteiger partial charge on any atom is 0.256 e. The number of benzene rings is 2. The van der Waals surface area contributed by atoms with Crippen molar-refractivity contribution in [3.8, 4) is 0 Å². The summed E-state index contributed by atoms with van der Waals surface area (Å²) in [7, 11) is 0. The van der Waals surface area contributed by atoms with E-state index >= 15 is 0 Å². The van der Waals surface area contributed by atoms with Gasteiger partial charge in [-0.15, -0.1) is 0 Å². The molecule has 0 unspecified atom stereocenters. The largest absolute Gasteiger partial charge is 0.343 e. The van der Waals surface area contributed by atoms with Crippen LogP contribution >= 0.6 is 11.6 Å². The number of anilines is 1. The molecule has 2 N–H and O–H groups in total. The van der Waals surface area contributed by atoms with Crippen LogP contribution in [0.4, 0.5) is 23.2 Å². The number of rotatable bonds is 4. The van der Waals surface area contributed by atoms with E-state index in [1.807, 2.05) is 5.32 Å². The fourth-order valence-corrected chi connectivity index (χ4v) is 2.03. The summed E-state index contributed by atoms with van der Waals surface area (Å²) in [5.74, 6) is -7.50. The second kappa shape index (κ2) is 7.31. The van der Waals surface area contributed by atoms with Gasteiger partial charge in [0.25, 0.3) is 5.91 Å². The number of carbonyl (C=O) groups is 2. The monoisotopic (exact) mass is 360 g/mol. The Labute approximate surface area is 138 Å². The third kappa shape index (κ3) is 3.83. The van der Waals surface area contributed by atoms with Crippen LogP contribution in [0.25, 0.3) is 0 Å². The van der Waals surface area contributed by atoms with Gasteiger partial charge in [0.05, 0.1) is 22.8 Å². The van der Waals surface area contributed by atoms with Crippen LogP contribution in [0.3, 0.4) is 0 Å². The molecule has 0 aliphatic carbocycles. The van der Waals surface area contributed by atoms with E-state index in [-0.39, 0.29) is 5.02 Å². The minimum absolute atomic E-state index is 0.153. The molecular formula is C15H9ClF4N2O2. The molecule has 0 aromatic heterocycles. The summed E-state index contributed by atoms with van der Waals surface area (Å²) in [6, 6.07) is 5.05. The lowest BCUT2D eigenvalue weighted by molar-refractivity contribution is -0.115. The minimum atomic E-state index is -1.74. The van der Waals surface area contributed by atoms with Gasteiger partial charge in [-0.3, -0.25) is 9.59 Å². The van der Waals surface area contributed by atoms with Gasteiger partial charge in [-0.25, -0.2) is 17.6 Å². The molecule has 2 amide bonds. The van der Waals surface area contributed by atoms with Crippen molar-refractivity contribution in [2.75, 3.05) is 11.9 Å². The SMILES string of the molecule is O=C(CNC(=O)c1c(F)cccc1Cl)Nc1ccc(F)c(F)c1F. The fraction of sp³-hybridized carbons (Fsp3) is 0.0667. The summed E-state index contributed by atoms with van der Waals surface area (Å²) >= 11 is 5.69. The summed E-state index contributed by atoms with van der Waals surface area (Å²) in [5.41, 5.74) is -1.05. The van der Waals surface area contributed by atoms with Gasteiger partial charge in [0, 0.05) is 0 Å². The van der Waals surface area contributed by atoms with Crippen molar-refractivity contribution < 1.29 is 27.2 Å². The van der Waals surface area contributed by atoms with Gasteiger partial charge in [0.2, 0.25) is 5.91 Å². The molecule has 2 aromatic carbocycles. The normalized spacial score (nSPS) is 10.4. The van der Waals surface area contributed by atoms with Gasteiger partial charge in [-0.2, -0.15) is 0 Å². The number of amides is 2. The van der Waals surface area contributed by atoms with Gasteiger partial charge in [-0.05, 0) is 24.3 Å². The first-order chi connectivity index (χ1) is 11.3. The lowest BCUT2D eigenvalue weighted by Gasteiger charge is -2.09. The molecule has 0 heterocycles. The molecule has 0 aliphatic heterocycles. The zero-order valence-electron chi connectivity index (χ0n) is 11.8. The molecule has 24 heavy (non-hydrogen) atoms. The number of hydrogen-bond donors (Lipinski definition) is 2. The second-order valence-corrected chi connectivity index (χ2v) is 4.96. The average molecular weight is 361 g/mol. The molecule has 0 aliphatic rings. The minimum Gasteiger partial charge on any atom is -0.343 e. The van der Waals surface area contributed by atoms with Gasteiger partial charge < -0.3 is 10.6 Å². The average Bonchev–Trinajstić information content (AvgIpc) is 2.53. The molecule has 0 saturated carbocycles. The van der Waals surface area contributed by atoms with E-state index in [1.54, 1.807) is 0 Å². The highest BCUT2D eigenvalue weighted by Crippen LogP contribution is 2.20. The Kier molecular flexibility index (Phi) is 5.40. The Bertz CT molecular complexity index is 794. The van der Waals surface area contributed by atoms with Gasteiger partial charge in [-0.1, -0.05) is 17.7 Å². The Morgan fingerprint density at radius 1 is 0.958 bits per heavy atom. The number of hydrogen-bond acceptors (Lipinski definition) is 2. The molecule has 0 radical (unpaired) electrons. The zero-order chi connectivity index (χ0) is 17.9. The van der Waals surface area contributed by atoms with Crippen molar-refractivity contribution in [3.05, 3.63) is 64.2 Å². The van der Waals surface area contributed by atoms with E-state index in [1.165, 1.54) is 12.1 Å². The van der Waals surface area contributed by atoms with Crippen molar-refractivity contribution in [2.45, 2.75) is 0 Å². The third-order valence-corrected chi connectivity index (χ3v) is 3.22. The Morgan fingerprint density at radius 2 is 1.67 bits per heavy atom. The summed E-state index contributed by atoms with van der Waals surface area (Å²) in [6.45, 7) is -0.665. The van der Waals surface area contributed by atoms with Crippen molar-refractivity contribution in [3.63, 3.8) is 0 Å². The Balaban J connectivity index is 2.01. The van der Waals surface area contributed by atoms with Crippen molar-refractivity contribution in [1.82, 2.24) is 5.32 Å². The lowest BCUT2D eigenvalue weighted by atomic mass is 10.2. The van der Waals surface area contributed by atoms with Crippen molar-refractivity contribution in [2.24, 2.45) is 0 Å². The standard InChI is InChI=1S/C15H9ClF4N2O2/c16-7-2-1-3-8(17)12(7)15(24)21-6-11(23)22-10-5-4-9(18)13(19)14(10)20/h1-5H,6H2,(H,21,24)(H,22,23). The molecule has 9 heteroatoms. The highest BCUT2D eigenvalue weighted by molar-refractivity contribution is 6.33. The van der Waals surface area contributed by atoms with E-state index in [2.05, 4.69) is 5.32 Å². The highest BCUT2D eigenvalue weighted by atomic mass is 35.5. The molecule has 126 valence electrons. The molecule has 0 fully saturated rings. The highest BCUT2D eigenvalue weighted by Gasteiger charge is 2.18. The topological polar surface area (TPSA) is 58.2 Å². The molecule has 0 bridgehead atoms. The van der Waals surface area contributed by atoms with Gasteiger partial charge >= 0.3 is 0 Å². The van der Waals surface area contributed by atoms with Gasteiger partial charge in [0.1, 0.15) is 5.82 Å². The summed E-state index contributed by atoms with van der Waals surface area (Å²) in [6.07, 6.45) is 0. The first-order valence-electron chi connectivity index (χ1n) is 6.46. The van der Waals surface area contributed by atoms with Crippen LogP contribution in [0.2, 0.25) is 5.02 Å².